The van der Waals surface area contributed by atoms with Crippen LogP contribution in [0.2, 0.25) is 0 Å². The van der Waals surface area contributed by atoms with Gasteiger partial charge in [-0.25, -0.2) is 0 Å². The molecule has 0 bridgehead atoms. The smallest absolute Gasteiger partial charge is 0.142 e. The first kappa shape index (κ1) is 10.6. The topological polar surface area (TPSA) is 20.2 Å². The van der Waals surface area contributed by atoms with E-state index < -0.39 is 0 Å². The van der Waals surface area contributed by atoms with E-state index in [1.165, 1.54) is 5.56 Å². The molecule has 0 fully saturated rings. The van der Waals surface area contributed by atoms with Gasteiger partial charge in [-0.2, -0.15) is 0 Å². The SMILES string of the molecule is CCCc1cc(I)c(O)c(I)c1. The van der Waals surface area contributed by atoms with Crippen LogP contribution < -0.4 is 0 Å². The van der Waals surface area contributed by atoms with Crippen molar-refractivity contribution in [1.29, 1.82) is 0 Å². The van der Waals surface area contributed by atoms with Crippen molar-refractivity contribution in [2.45, 2.75) is 19.8 Å². The number of aromatic hydroxyl groups is 1. The van der Waals surface area contributed by atoms with Crippen molar-refractivity contribution in [2.75, 3.05) is 0 Å². The fraction of sp³-hybridized carbons (Fsp3) is 0.333. The standard InChI is InChI=1S/C9H10I2O/c1-2-3-6-4-7(10)9(12)8(11)5-6/h4-5,12H,2-3H2,1H3. The number of phenols is 1. The summed E-state index contributed by atoms with van der Waals surface area (Å²) < 4.78 is 1.89. The molecule has 0 saturated heterocycles. The summed E-state index contributed by atoms with van der Waals surface area (Å²) in [5.41, 5.74) is 1.31. The van der Waals surface area contributed by atoms with Crippen LogP contribution in [0.25, 0.3) is 0 Å². The number of rotatable bonds is 2. The van der Waals surface area contributed by atoms with Crippen LogP contribution in [0.3, 0.4) is 0 Å². The molecule has 0 radical (unpaired) electrons. The van der Waals surface area contributed by atoms with Gasteiger partial charge in [-0.05, 0) is 69.3 Å². The van der Waals surface area contributed by atoms with Gasteiger partial charge in [0, 0.05) is 0 Å². The van der Waals surface area contributed by atoms with Crippen molar-refractivity contribution in [3.05, 3.63) is 24.8 Å². The van der Waals surface area contributed by atoms with Crippen LogP contribution in [0.4, 0.5) is 0 Å². The Morgan fingerprint density at radius 3 is 2.17 bits per heavy atom. The maximum atomic E-state index is 9.48. The van der Waals surface area contributed by atoms with Gasteiger partial charge in [0.05, 0.1) is 7.14 Å². The molecule has 0 atom stereocenters. The maximum absolute atomic E-state index is 9.48. The number of hydrogen-bond donors (Lipinski definition) is 1. The van der Waals surface area contributed by atoms with Crippen molar-refractivity contribution in [1.82, 2.24) is 0 Å². The summed E-state index contributed by atoms with van der Waals surface area (Å²) in [6, 6.07) is 4.09. The lowest BCUT2D eigenvalue weighted by atomic mass is 10.1. The number of halogens is 2. The minimum Gasteiger partial charge on any atom is -0.506 e. The first-order chi connectivity index (χ1) is 5.65. The van der Waals surface area contributed by atoms with Crippen LogP contribution in [0.1, 0.15) is 18.9 Å². The van der Waals surface area contributed by atoms with Gasteiger partial charge in [0.15, 0.2) is 0 Å². The molecule has 12 heavy (non-hydrogen) atoms. The molecular formula is C9H10I2O. The van der Waals surface area contributed by atoms with Gasteiger partial charge in [-0.1, -0.05) is 13.3 Å². The van der Waals surface area contributed by atoms with Gasteiger partial charge in [-0.3, -0.25) is 0 Å². The highest BCUT2D eigenvalue weighted by molar-refractivity contribution is 14.1. The fourth-order valence-electron chi connectivity index (χ4n) is 1.05. The molecule has 0 aliphatic rings. The number of benzene rings is 1. The average molecular weight is 388 g/mol. The van der Waals surface area contributed by atoms with Gasteiger partial charge in [0.2, 0.25) is 0 Å². The Balaban J connectivity index is 3.04. The van der Waals surface area contributed by atoms with Gasteiger partial charge in [0.25, 0.3) is 0 Å². The van der Waals surface area contributed by atoms with Crippen LogP contribution >= 0.6 is 45.2 Å². The highest BCUT2D eigenvalue weighted by Crippen LogP contribution is 2.27. The quantitative estimate of drug-likeness (QED) is 0.769. The highest BCUT2D eigenvalue weighted by atomic mass is 127. The van der Waals surface area contributed by atoms with E-state index >= 15 is 0 Å². The Morgan fingerprint density at radius 1 is 1.25 bits per heavy atom. The van der Waals surface area contributed by atoms with E-state index in [-0.39, 0.29) is 0 Å². The van der Waals surface area contributed by atoms with Crippen LogP contribution in [-0.4, -0.2) is 5.11 Å². The minimum atomic E-state index is 0.413. The molecule has 1 N–H and O–H groups in total. The molecule has 1 rings (SSSR count). The third kappa shape index (κ3) is 2.48. The number of aryl methyl sites for hydroxylation is 1. The summed E-state index contributed by atoms with van der Waals surface area (Å²) in [5.74, 6) is 0.413. The Labute approximate surface area is 99.8 Å². The summed E-state index contributed by atoms with van der Waals surface area (Å²) in [7, 11) is 0. The van der Waals surface area contributed by atoms with Crippen molar-refractivity contribution in [2.24, 2.45) is 0 Å². The van der Waals surface area contributed by atoms with Gasteiger partial charge in [-0.15, -0.1) is 0 Å². The van der Waals surface area contributed by atoms with E-state index in [4.69, 9.17) is 0 Å². The highest BCUT2D eigenvalue weighted by Gasteiger charge is 2.04. The van der Waals surface area contributed by atoms with Crippen molar-refractivity contribution < 1.29 is 5.11 Å². The van der Waals surface area contributed by atoms with E-state index in [9.17, 15) is 5.11 Å². The average Bonchev–Trinajstić information content (AvgIpc) is 2.01. The predicted octanol–water partition coefficient (Wildman–Crippen LogP) is 3.55. The van der Waals surface area contributed by atoms with Crippen molar-refractivity contribution in [3.63, 3.8) is 0 Å². The second-order valence-electron chi connectivity index (χ2n) is 2.66. The lowest BCUT2D eigenvalue weighted by Gasteiger charge is -2.04. The van der Waals surface area contributed by atoms with E-state index in [0.717, 1.165) is 20.0 Å². The molecule has 0 aliphatic carbocycles. The Hall–Kier alpha value is 0.480. The van der Waals surface area contributed by atoms with Crippen LogP contribution in [0.5, 0.6) is 5.75 Å². The second kappa shape index (κ2) is 4.64. The van der Waals surface area contributed by atoms with Crippen LogP contribution in [-0.2, 0) is 6.42 Å². The molecule has 0 amide bonds. The van der Waals surface area contributed by atoms with E-state index in [1.807, 2.05) is 12.1 Å². The van der Waals surface area contributed by atoms with Crippen molar-refractivity contribution in [3.8, 4) is 5.75 Å². The minimum absolute atomic E-state index is 0.413. The largest absolute Gasteiger partial charge is 0.506 e. The molecule has 0 aliphatic heterocycles. The monoisotopic (exact) mass is 388 g/mol. The molecule has 0 unspecified atom stereocenters. The Kier molecular flexibility index (Phi) is 4.09. The zero-order valence-electron chi connectivity index (χ0n) is 6.77. The molecule has 0 heterocycles. The summed E-state index contributed by atoms with van der Waals surface area (Å²) in [4.78, 5) is 0. The zero-order valence-corrected chi connectivity index (χ0v) is 11.1. The van der Waals surface area contributed by atoms with Gasteiger partial charge >= 0.3 is 0 Å². The third-order valence-corrected chi connectivity index (χ3v) is 3.26. The molecule has 0 spiro atoms. The summed E-state index contributed by atoms with van der Waals surface area (Å²) in [6.45, 7) is 2.16. The Bertz CT molecular complexity index is 261. The van der Waals surface area contributed by atoms with Crippen molar-refractivity contribution >= 4 is 45.2 Å². The third-order valence-electron chi connectivity index (χ3n) is 1.62. The molecule has 66 valence electrons. The second-order valence-corrected chi connectivity index (χ2v) is 4.98. The van der Waals surface area contributed by atoms with E-state index in [2.05, 4.69) is 52.1 Å². The molecule has 0 aromatic heterocycles. The zero-order chi connectivity index (χ0) is 9.14. The van der Waals surface area contributed by atoms with E-state index in [0.29, 0.717) is 5.75 Å². The Morgan fingerprint density at radius 2 is 1.75 bits per heavy atom. The summed E-state index contributed by atoms with van der Waals surface area (Å²) in [6.07, 6.45) is 2.24. The normalized spacial score (nSPS) is 10.2. The van der Waals surface area contributed by atoms with Gasteiger partial charge < -0.3 is 5.11 Å². The van der Waals surface area contributed by atoms with Crippen LogP contribution in [0.15, 0.2) is 12.1 Å². The molecule has 0 saturated carbocycles. The lowest BCUT2D eigenvalue weighted by molar-refractivity contribution is 0.467. The van der Waals surface area contributed by atoms with E-state index in [1.54, 1.807) is 0 Å². The molecule has 3 heteroatoms. The maximum Gasteiger partial charge on any atom is 0.142 e. The number of phenolic OH excluding ortho intramolecular Hbond substituents is 1. The van der Waals surface area contributed by atoms with Crippen LogP contribution in [0, 0.1) is 7.14 Å². The molecular weight excluding hydrogens is 378 g/mol. The van der Waals surface area contributed by atoms with Gasteiger partial charge in [0.1, 0.15) is 5.75 Å². The molecule has 1 aromatic rings. The number of hydrogen-bond acceptors (Lipinski definition) is 1. The summed E-state index contributed by atoms with van der Waals surface area (Å²) >= 11 is 4.32. The predicted molar refractivity (Wildman–Crippen MR) is 67.5 cm³/mol. The lowest BCUT2D eigenvalue weighted by Crippen LogP contribution is -1.87. The molecule has 1 nitrogen and oxygen atoms in total. The molecule has 1 aromatic carbocycles. The fourth-order valence-corrected chi connectivity index (χ4v) is 2.95. The summed E-state index contributed by atoms with van der Waals surface area (Å²) in [5, 5.41) is 9.48. The first-order valence-electron chi connectivity index (χ1n) is 3.82. The first-order valence-corrected chi connectivity index (χ1v) is 5.97.